The summed E-state index contributed by atoms with van der Waals surface area (Å²) in [5, 5.41) is 18.5. The summed E-state index contributed by atoms with van der Waals surface area (Å²) in [5.41, 5.74) is 2.19. The van der Waals surface area contributed by atoms with Gasteiger partial charge in [0.2, 0.25) is 0 Å². The van der Waals surface area contributed by atoms with Crippen LogP contribution in [0.1, 0.15) is 11.1 Å². The van der Waals surface area contributed by atoms with Gasteiger partial charge in [-0.05, 0) is 17.7 Å². The number of anilines is 1. The lowest BCUT2D eigenvalue weighted by molar-refractivity contribution is -0.192. The Hall–Kier alpha value is -3.10. The Morgan fingerprint density at radius 1 is 1.17 bits per heavy atom. The molecule has 1 fully saturated rings. The number of hydrogen-bond donors (Lipinski definition) is 1. The van der Waals surface area contributed by atoms with Crippen molar-refractivity contribution in [3.63, 3.8) is 0 Å². The van der Waals surface area contributed by atoms with Gasteiger partial charge < -0.3 is 9.68 Å². The van der Waals surface area contributed by atoms with E-state index in [9.17, 15) is 9.59 Å². The molecule has 1 heterocycles. The van der Waals surface area contributed by atoms with Crippen molar-refractivity contribution in [1.82, 2.24) is 5.59 Å². The first kappa shape index (κ1) is 11.4. The number of carbonyl (C=O) groups excluding carboxylic acids is 2. The standard InChI is InChI=1S/C10H4N4O4/c11-4-6-2-1-3-8(7(6)5-12)14-13-17-9(15)10(16)18-14/h1-3,13H. The van der Waals surface area contributed by atoms with Crippen molar-refractivity contribution in [1.29, 1.82) is 10.5 Å². The fourth-order valence-electron chi connectivity index (χ4n) is 1.28. The van der Waals surface area contributed by atoms with E-state index in [2.05, 4.69) is 9.68 Å². The van der Waals surface area contributed by atoms with Crippen molar-refractivity contribution in [3.8, 4) is 12.1 Å². The minimum atomic E-state index is -1.24. The van der Waals surface area contributed by atoms with Crippen LogP contribution in [0.15, 0.2) is 18.2 Å². The van der Waals surface area contributed by atoms with Gasteiger partial charge in [0.05, 0.1) is 11.1 Å². The van der Waals surface area contributed by atoms with E-state index in [1.165, 1.54) is 18.2 Å². The second kappa shape index (κ2) is 4.41. The predicted molar refractivity (Wildman–Crippen MR) is 53.7 cm³/mol. The fraction of sp³-hybridized carbons (Fsp3) is 0. The van der Waals surface area contributed by atoms with Crippen molar-refractivity contribution >= 4 is 17.6 Å². The fourth-order valence-corrected chi connectivity index (χ4v) is 1.28. The first-order chi connectivity index (χ1) is 8.67. The largest absolute Gasteiger partial charge is 0.444 e. The minimum Gasteiger partial charge on any atom is -0.338 e. The maximum absolute atomic E-state index is 11.0. The van der Waals surface area contributed by atoms with Crippen molar-refractivity contribution < 1.29 is 19.3 Å². The summed E-state index contributed by atoms with van der Waals surface area (Å²) in [6, 6.07) is 7.96. The van der Waals surface area contributed by atoms with Crippen LogP contribution in [-0.4, -0.2) is 11.9 Å². The normalized spacial score (nSPS) is 14.2. The van der Waals surface area contributed by atoms with Gasteiger partial charge in [0, 0.05) is 0 Å². The van der Waals surface area contributed by atoms with Gasteiger partial charge >= 0.3 is 11.9 Å². The zero-order valence-corrected chi connectivity index (χ0v) is 8.71. The summed E-state index contributed by atoms with van der Waals surface area (Å²) in [4.78, 5) is 30.6. The third kappa shape index (κ3) is 1.80. The quantitative estimate of drug-likeness (QED) is 0.667. The van der Waals surface area contributed by atoms with Gasteiger partial charge in [-0.25, -0.2) is 9.59 Å². The molecule has 0 amide bonds. The molecule has 1 aliphatic heterocycles. The molecule has 0 atom stereocenters. The third-order valence-corrected chi connectivity index (χ3v) is 2.06. The first-order valence-corrected chi connectivity index (χ1v) is 4.59. The molecular weight excluding hydrogens is 240 g/mol. The number of carbonyl (C=O) groups is 2. The number of nitriles is 2. The molecule has 88 valence electrons. The Labute approximate surface area is 100 Å². The second-order valence-electron chi connectivity index (χ2n) is 3.08. The lowest BCUT2D eigenvalue weighted by atomic mass is 10.1. The molecule has 0 saturated carbocycles. The lowest BCUT2D eigenvalue weighted by Crippen LogP contribution is -2.49. The van der Waals surface area contributed by atoms with E-state index >= 15 is 0 Å². The summed E-state index contributed by atoms with van der Waals surface area (Å²) in [7, 11) is 0. The first-order valence-electron chi connectivity index (χ1n) is 4.59. The van der Waals surface area contributed by atoms with Crippen molar-refractivity contribution in [2.45, 2.75) is 0 Å². The van der Waals surface area contributed by atoms with Gasteiger partial charge in [0.25, 0.3) is 0 Å². The average Bonchev–Trinajstić information content (AvgIpc) is 2.40. The highest BCUT2D eigenvalue weighted by atomic mass is 16.9. The molecule has 0 unspecified atom stereocenters. The number of nitrogens with one attached hydrogen (secondary N) is 1. The molecule has 1 aromatic carbocycles. The van der Waals surface area contributed by atoms with Crippen molar-refractivity contribution in [2.75, 3.05) is 5.17 Å². The Morgan fingerprint density at radius 2 is 1.94 bits per heavy atom. The van der Waals surface area contributed by atoms with Gasteiger partial charge in [-0.15, -0.1) is 0 Å². The van der Waals surface area contributed by atoms with E-state index < -0.39 is 11.9 Å². The maximum atomic E-state index is 11.0. The van der Waals surface area contributed by atoms with E-state index in [-0.39, 0.29) is 16.8 Å². The second-order valence-corrected chi connectivity index (χ2v) is 3.08. The van der Waals surface area contributed by atoms with Gasteiger partial charge in [0.15, 0.2) is 0 Å². The summed E-state index contributed by atoms with van der Waals surface area (Å²) >= 11 is 0. The van der Waals surface area contributed by atoms with Crippen molar-refractivity contribution in [3.05, 3.63) is 29.3 Å². The topological polar surface area (TPSA) is 115 Å². The van der Waals surface area contributed by atoms with Gasteiger partial charge in [-0.3, -0.25) is 0 Å². The van der Waals surface area contributed by atoms with Crippen LogP contribution < -0.4 is 10.8 Å². The summed E-state index contributed by atoms with van der Waals surface area (Å²) < 4.78 is 0. The van der Waals surface area contributed by atoms with E-state index in [0.717, 1.165) is 0 Å². The Balaban J connectivity index is 2.41. The molecule has 18 heavy (non-hydrogen) atoms. The molecule has 0 aromatic heterocycles. The van der Waals surface area contributed by atoms with Crippen LogP contribution in [-0.2, 0) is 19.3 Å². The molecule has 0 radical (unpaired) electrons. The summed E-state index contributed by atoms with van der Waals surface area (Å²) in [6.07, 6.45) is 0. The molecule has 2 rings (SSSR count). The molecule has 0 spiro atoms. The van der Waals surface area contributed by atoms with E-state index in [1.54, 1.807) is 6.07 Å². The average molecular weight is 244 g/mol. The van der Waals surface area contributed by atoms with Gasteiger partial charge in [0.1, 0.15) is 17.8 Å². The van der Waals surface area contributed by atoms with Crippen LogP contribution in [0, 0.1) is 22.7 Å². The smallest absolute Gasteiger partial charge is 0.338 e. The van der Waals surface area contributed by atoms with E-state index in [1.807, 2.05) is 11.7 Å². The molecule has 1 aliphatic rings. The summed E-state index contributed by atoms with van der Waals surface area (Å²) in [5.74, 6) is -2.44. The molecule has 8 nitrogen and oxygen atoms in total. The number of rotatable bonds is 1. The number of nitrogens with zero attached hydrogens (tertiary/aromatic N) is 3. The summed E-state index contributed by atoms with van der Waals surface area (Å²) in [6.45, 7) is 0. The zero-order valence-electron chi connectivity index (χ0n) is 8.71. The highest BCUT2D eigenvalue weighted by molar-refractivity contribution is 6.30. The highest BCUT2D eigenvalue weighted by Crippen LogP contribution is 2.23. The zero-order chi connectivity index (χ0) is 13.1. The van der Waals surface area contributed by atoms with Gasteiger partial charge in [-0.2, -0.15) is 10.5 Å². The van der Waals surface area contributed by atoms with E-state index in [4.69, 9.17) is 10.5 Å². The molecule has 1 aromatic rings. The van der Waals surface area contributed by atoms with Crippen LogP contribution >= 0.6 is 0 Å². The maximum Gasteiger partial charge on any atom is 0.444 e. The van der Waals surface area contributed by atoms with E-state index in [0.29, 0.717) is 5.17 Å². The van der Waals surface area contributed by atoms with Crippen LogP contribution in [0.3, 0.4) is 0 Å². The lowest BCUT2D eigenvalue weighted by Gasteiger charge is -2.25. The number of hydrazine groups is 1. The molecule has 8 heteroatoms. The third-order valence-electron chi connectivity index (χ3n) is 2.06. The molecule has 0 bridgehead atoms. The molecule has 1 N–H and O–H groups in total. The predicted octanol–water partition coefficient (Wildman–Crippen LogP) is -0.329. The SMILES string of the molecule is N#Cc1cccc(N2NOC(=O)C(=O)O2)c1C#N. The molecule has 0 aliphatic carbocycles. The molecular formula is C10H4N4O4. The van der Waals surface area contributed by atoms with Crippen LogP contribution in [0.25, 0.3) is 0 Å². The highest BCUT2D eigenvalue weighted by Gasteiger charge is 2.30. The number of benzene rings is 1. The van der Waals surface area contributed by atoms with Gasteiger partial charge in [-0.1, -0.05) is 11.2 Å². The minimum absolute atomic E-state index is 0.0155. The Kier molecular flexibility index (Phi) is 2.79. The number of hydrogen-bond acceptors (Lipinski definition) is 8. The van der Waals surface area contributed by atoms with Crippen molar-refractivity contribution in [2.24, 2.45) is 0 Å². The Morgan fingerprint density at radius 3 is 2.56 bits per heavy atom. The Bertz CT molecular complexity index is 613. The van der Waals surface area contributed by atoms with Crippen LogP contribution in [0.2, 0.25) is 0 Å². The molecule has 1 saturated heterocycles. The van der Waals surface area contributed by atoms with Crippen LogP contribution in [0.4, 0.5) is 5.69 Å². The monoisotopic (exact) mass is 244 g/mol. The van der Waals surface area contributed by atoms with Crippen LogP contribution in [0.5, 0.6) is 0 Å².